The molecular formula is C12H23N3S. The van der Waals surface area contributed by atoms with Crippen molar-refractivity contribution in [3.8, 4) is 0 Å². The number of hydrogen-bond acceptors (Lipinski definition) is 3. The molecule has 0 aliphatic carbocycles. The molecule has 0 radical (unpaired) electrons. The Morgan fingerprint density at radius 3 is 2.69 bits per heavy atom. The van der Waals surface area contributed by atoms with E-state index in [0.717, 1.165) is 24.0 Å². The molecule has 4 heteroatoms. The molecule has 92 valence electrons. The van der Waals surface area contributed by atoms with E-state index in [1.165, 1.54) is 32.4 Å². The Hall–Kier alpha value is -0.220. The predicted octanol–water partition coefficient (Wildman–Crippen LogP) is 1.94. The van der Waals surface area contributed by atoms with Crippen molar-refractivity contribution in [2.24, 2.45) is 4.99 Å². The molecular weight excluding hydrogens is 218 g/mol. The molecule has 0 unspecified atom stereocenters. The molecule has 0 spiro atoms. The third-order valence-electron chi connectivity index (χ3n) is 3.14. The molecule has 0 aromatic rings. The van der Waals surface area contributed by atoms with E-state index in [-0.39, 0.29) is 5.54 Å². The van der Waals surface area contributed by atoms with Gasteiger partial charge in [0.2, 0.25) is 0 Å². The first-order valence-electron chi connectivity index (χ1n) is 6.33. The van der Waals surface area contributed by atoms with Crippen LogP contribution < -0.4 is 5.32 Å². The lowest BCUT2D eigenvalue weighted by atomic mass is 10.1. The number of aliphatic imine (C=N–C) groups is 1. The van der Waals surface area contributed by atoms with Crippen LogP contribution in [0.1, 0.15) is 33.1 Å². The van der Waals surface area contributed by atoms with Crippen LogP contribution in [0.3, 0.4) is 0 Å². The number of piperidine rings is 1. The summed E-state index contributed by atoms with van der Waals surface area (Å²) >= 11 is 1.86. The van der Waals surface area contributed by atoms with Crippen LogP contribution in [0.4, 0.5) is 0 Å². The maximum Gasteiger partial charge on any atom is 0.157 e. The third-order valence-corrected chi connectivity index (χ3v) is 4.51. The Morgan fingerprint density at radius 2 is 2.06 bits per heavy atom. The number of rotatable bonds is 3. The molecule has 2 rings (SSSR count). The third kappa shape index (κ3) is 3.67. The molecule has 0 amide bonds. The first-order valence-corrected chi connectivity index (χ1v) is 7.32. The maximum absolute atomic E-state index is 4.64. The van der Waals surface area contributed by atoms with Crippen molar-refractivity contribution >= 4 is 16.9 Å². The topological polar surface area (TPSA) is 27.6 Å². The summed E-state index contributed by atoms with van der Waals surface area (Å²) in [5, 5.41) is 4.60. The maximum atomic E-state index is 4.64. The lowest BCUT2D eigenvalue weighted by molar-refractivity contribution is 0.235. The fraction of sp³-hybridized carbons (Fsp3) is 0.917. The van der Waals surface area contributed by atoms with E-state index in [2.05, 4.69) is 29.1 Å². The molecule has 2 saturated heterocycles. The average molecular weight is 241 g/mol. The molecule has 2 fully saturated rings. The summed E-state index contributed by atoms with van der Waals surface area (Å²) < 4.78 is 0. The van der Waals surface area contributed by atoms with Gasteiger partial charge in [-0.3, -0.25) is 4.99 Å². The van der Waals surface area contributed by atoms with Gasteiger partial charge in [-0.1, -0.05) is 18.2 Å². The summed E-state index contributed by atoms with van der Waals surface area (Å²) in [5.41, 5.74) is 0.231. The van der Waals surface area contributed by atoms with Gasteiger partial charge in [-0.2, -0.15) is 0 Å². The molecule has 2 aliphatic rings. The molecule has 2 heterocycles. The normalized spacial score (nSPS) is 28.2. The Morgan fingerprint density at radius 1 is 1.31 bits per heavy atom. The fourth-order valence-electron chi connectivity index (χ4n) is 2.17. The Balaban J connectivity index is 1.69. The number of nitrogens with one attached hydrogen (secondary N) is 1. The lowest BCUT2D eigenvalue weighted by Gasteiger charge is -2.25. The number of amidine groups is 1. The van der Waals surface area contributed by atoms with E-state index >= 15 is 0 Å². The molecule has 0 atom stereocenters. The molecule has 0 aromatic heterocycles. The van der Waals surface area contributed by atoms with Gasteiger partial charge in [-0.15, -0.1) is 0 Å². The van der Waals surface area contributed by atoms with E-state index < -0.39 is 0 Å². The van der Waals surface area contributed by atoms with Gasteiger partial charge in [0.05, 0.1) is 6.54 Å². The van der Waals surface area contributed by atoms with Crippen molar-refractivity contribution in [3.63, 3.8) is 0 Å². The zero-order chi connectivity index (χ0) is 11.4. The van der Waals surface area contributed by atoms with Crippen LogP contribution in [0.5, 0.6) is 0 Å². The summed E-state index contributed by atoms with van der Waals surface area (Å²) in [6.45, 7) is 9.09. The van der Waals surface area contributed by atoms with Gasteiger partial charge < -0.3 is 10.2 Å². The molecule has 0 aromatic carbocycles. The van der Waals surface area contributed by atoms with E-state index in [4.69, 9.17) is 0 Å². The minimum absolute atomic E-state index is 0.231. The quantitative estimate of drug-likeness (QED) is 0.818. The summed E-state index contributed by atoms with van der Waals surface area (Å²) in [5.74, 6) is 1.13. The van der Waals surface area contributed by atoms with Crippen LogP contribution in [0.25, 0.3) is 0 Å². The second-order valence-corrected chi connectivity index (χ2v) is 6.35. The smallest absolute Gasteiger partial charge is 0.157 e. The highest BCUT2D eigenvalue weighted by Gasteiger charge is 2.26. The summed E-state index contributed by atoms with van der Waals surface area (Å²) in [7, 11) is 0. The van der Waals surface area contributed by atoms with Gasteiger partial charge in [0.15, 0.2) is 5.17 Å². The first kappa shape index (κ1) is 12.2. The number of thioether (sulfide) groups is 1. The van der Waals surface area contributed by atoms with Crippen molar-refractivity contribution in [3.05, 3.63) is 0 Å². The van der Waals surface area contributed by atoms with Crippen molar-refractivity contribution < 1.29 is 0 Å². The molecule has 0 bridgehead atoms. The fourth-order valence-corrected chi connectivity index (χ4v) is 3.27. The molecule has 1 N–H and O–H groups in total. The standard InChI is InChI=1S/C12H23N3S/c1-12(2)10-16-11(14-12)13-6-9-15-7-4-3-5-8-15/h3-10H2,1-2H3,(H,13,14). The molecule has 3 nitrogen and oxygen atoms in total. The van der Waals surface area contributed by atoms with Crippen molar-refractivity contribution in [1.82, 2.24) is 10.2 Å². The van der Waals surface area contributed by atoms with Gasteiger partial charge in [0.1, 0.15) is 0 Å². The van der Waals surface area contributed by atoms with Crippen LogP contribution in [0.2, 0.25) is 0 Å². The zero-order valence-electron chi connectivity index (χ0n) is 10.5. The van der Waals surface area contributed by atoms with E-state index in [1.54, 1.807) is 0 Å². The van der Waals surface area contributed by atoms with E-state index in [1.807, 2.05) is 11.8 Å². The van der Waals surface area contributed by atoms with Crippen LogP contribution >= 0.6 is 11.8 Å². The predicted molar refractivity (Wildman–Crippen MR) is 72.3 cm³/mol. The SMILES string of the molecule is CC1(C)CSC(=NCCN2CCCCC2)N1. The number of hydrogen-bond donors (Lipinski definition) is 1. The van der Waals surface area contributed by atoms with E-state index in [0.29, 0.717) is 0 Å². The highest BCUT2D eigenvalue weighted by Crippen LogP contribution is 2.21. The molecule has 2 aliphatic heterocycles. The minimum Gasteiger partial charge on any atom is -0.359 e. The van der Waals surface area contributed by atoms with Crippen LogP contribution in [-0.2, 0) is 0 Å². The molecule has 16 heavy (non-hydrogen) atoms. The second-order valence-electron chi connectivity index (χ2n) is 5.39. The first-order chi connectivity index (χ1) is 7.66. The summed E-state index contributed by atoms with van der Waals surface area (Å²) in [6.07, 6.45) is 4.16. The Labute approximate surface area is 103 Å². The highest BCUT2D eigenvalue weighted by atomic mass is 32.2. The van der Waals surface area contributed by atoms with E-state index in [9.17, 15) is 0 Å². The van der Waals surface area contributed by atoms with Crippen molar-refractivity contribution in [2.75, 3.05) is 31.9 Å². The Kier molecular flexibility index (Phi) is 4.14. The van der Waals surface area contributed by atoms with Crippen molar-refractivity contribution in [2.45, 2.75) is 38.6 Å². The number of likely N-dealkylation sites (tertiary alicyclic amines) is 1. The largest absolute Gasteiger partial charge is 0.359 e. The second kappa shape index (κ2) is 5.41. The van der Waals surface area contributed by atoms with Crippen LogP contribution in [0, 0.1) is 0 Å². The van der Waals surface area contributed by atoms with Gasteiger partial charge in [0.25, 0.3) is 0 Å². The van der Waals surface area contributed by atoms with Gasteiger partial charge in [-0.25, -0.2) is 0 Å². The van der Waals surface area contributed by atoms with Crippen molar-refractivity contribution in [1.29, 1.82) is 0 Å². The number of nitrogens with zero attached hydrogens (tertiary/aromatic N) is 2. The lowest BCUT2D eigenvalue weighted by Crippen LogP contribution is -2.37. The van der Waals surface area contributed by atoms with Gasteiger partial charge in [0, 0.05) is 17.8 Å². The van der Waals surface area contributed by atoms with Gasteiger partial charge >= 0.3 is 0 Å². The van der Waals surface area contributed by atoms with Crippen LogP contribution in [-0.4, -0.2) is 47.5 Å². The highest BCUT2D eigenvalue weighted by molar-refractivity contribution is 8.14. The monoisotopic (exact) mass is 241 g/mol. The average Bonchev–Trinajstić information content (AvgIpc) is 2.60. The summed E-state index contributed by atoms with van der Waals surface area (Å²) in [4.78, 5) is 7.18. The molecule has 0 saturated carbocycles. The van der Waals surface area contributed by atoms with Crippen LogP contribution in [0.15, 0.2) is 4.99 Å². The zero-order valence-corrected chi connectivity index (χ0v) is 11.3. The Bertz CT molecular complexity index is 257. The summed E-state index contributed by atoms with van der Waals surface area (Å²) in [6, 6.07) is 0. The minimum atomic E-state index is 0.231. The van der Waals surface area contributed by atoms with Gasteiger partial charge in [-0.05, 0) is 39.8 Å².